The second kappa shape index (κ2) is 13.8. The first-order valence-electron chi connectivity index (χ1n) is 20.0. The van der Waals surface area contributed by atoms with Gasteiger partial charge in [0.05, 0.1) is 0 Å². The predicted octanol–water partition coefficient (Wildman–Crippen LogP) is 16.2. The molecule has 0 fully saturated rings. The summed E-state index contributed by atoms with van der Waals surface area (Å²) in [5.41, 5.74) is 21.6. The first-order chi connectivity index (χ1) is 24.5. The van der Waals surface area contributed by atoms with E-state index < -0.39 is 16.4 Å². The molecule has 0 aliphatic heterocycles. The van der Waals surface area contributed by atoms with Gasteiger partial charge in [0.15, 0.2) is 0 Å². The average Bonchev–Trinajstić information content (AvgIpc) is 3.71. The van der Waals surface area contributed by atoms with E-state index in [0.717, 1.165) is 4.13 Å². The maximum atomic E-state index is 8.81. The van der Waals surface area contributed by atoms with E-state index in [1.807, 2.05) is 0 Å². The zero-order chi connectivity index (χ0) is 39.2. The summed E-state index contributed by atoms with van der Waals surface area (Å²) < 4.78 is 0.832. The van der Waals surface area contributed by atoms with Gasteiger partial charge in [-0.15, -0.1) is 0 Å². The molecule has 0 nitrogen and oxygen atoms in total. The SMILES string of the molecule is C[CH2][Zr]([Cl])([Cl])([CH]1C(C(C)C)=Cc2c(-c3ccc(C(C)(C)C)cc3)cc(C)c(C)c21)[CH]1C(C(C)C)=Cc2c(-c3ccc(C(C)(C)C)cc3)cc(C)c(C)c21. The van der Waals surface area contributed by atoms with E-state index in [1.165, 1.54) is 89.0 Å². The quantitative estimate of drug-likeness (QED) is 0.174. The number of hydrogen-bond donors (Lipinski definition) is 0. The van der Waals surface area contributed by atoms with Gasteiger partial charge in [-0.25, -0.2) is 0 Å². The number of halogens is 2. The summed E-state index contributed by atoms with van der Waals surface area (Å²) >= 11 is -5.06. The molecule has 2 atom stereocenters. The Balaban J connectivity index is 1.63. The topological polar surface area (TPSA) is 0 Å². The molecular formula is C50H63Cl2Zr. The first-order valence-corrected chi connectivity index (χ1v) is 30.9. The van der Waals surface area contributed by atoms with Crippen LogP contribution < -0.4 is 0 Å². The summed E-state index contributed by atoms with van der Waals surface area (Å²) in [6, 6.07) is 23.3. The zero-order valence-corrected chi connectivity index (χ0v) is 39.2. The number of allylic oxidation sites excluding steroid dienone is 2. The van der Waals surface area contributed by atoms with Crippen molar-refractivity contribution in [2.45, 2.75) is 126 Å². The predicted molar refractivity (Wildman–Crippen MR) is 233 cm³/mol. The number of hydrogen-bond acceptors (Lipinski definition) is 0. The van der Waals surface area contributed by atoms with Gasteiger partial charge in [-0.2, -0.15) is 0 Å². The van der Waals surface area contributed by atoms with Crippen LogP contribution in [0.5, 0.6) is 0 Å². The third kappa shape index (κ3) is 6.76. The molecule has 0 heterocycles. The van der Waals surface area contributed by atoms with Crippen LogP contribution in [-0.4, -0.2) is 0 Å². The fraction of sp³-hybridized carbons (Fsp3) is 0.440. The van der Waals surface area contributed by atoms with Gasteiger partial charge in [0.1, 0.15) is 0 Å². The average molecular weight is 826 g/mol. The van der Waals surface area contributed by atoms with Crippen LogP contribution in [0.15, 0.2) is 71.8 Å². The summed E-state index contributed by atoms with van der Waals surface area (Å²) in [7, 11) is 17.6. The van der Waals surface area contributed by atoms with Gasteiger partial charge in [0.2, 0.25) is 0 Å². The van der Waals surface area contributed by atoms with E-state index in [0.29, 0.717) is 11.8 Å². The molecule has 3 heteroatoms. The van der Waals surface area contributed by atoms with Crippen LogP contribution in [-0.2, 0) is 27.2 Å². The van der Waals surface area contributed by atoms with Crippen LogP contribution in [0.25, 0.3) is 34.4 Å². The molecule has 0 saturated carbocycles. The molecule has 2 aliphatic carbocycles. The molecule has 6 rings (SSSR count). The standard InChI is InChI=1S/2C24H29.C2H5.2ClH.Zr/c2*1-15(2)19-13-21-17(4)16(3)12-22(23(21)14-19)18-8-10-20(11-9-18)24(5,6)7;1-2;;;/h2*8-15H,1-7H3;1H2,2H3;2*1H;/q;;;;;+2/p-2. The molecule has 0 aromatic heterocycles. The van der Waals surface area contributed by atoms with Crippen LogP contribution in [0.4, 0.5) is 0 Å². The van der Waals surface area contributed by atoms with Gasteiger partial charge in [-0.1, -0.05) is 0 Å². The molecular weight excluding hydrogens is 763 g/mol. The Morgan fingerprint density at radius 1 is 0.566 bits per heavy atom. The Morgan fingerprint density at radius 2 is 0.887 bits per heavy atom. The van der Waals surface area contributed by atoms with Gasteiger partial charge >= 0.3 is 333 Å². The van der Waals surface area contributed by atoms with Crippen LogP contribution >= 0.6 is 17.0 Å². The maximum absolute atomic E-state index is 8.81. The van der Waals surface area contributed by atoms with E-state index in [-0.39, 0.29) is 18.1 Å². The number of aryl methyl sites for hydroxylation is 2. The van der Waals surface area contributed by atoms with Crippen molar-refractivity contribution < 1.29 is 16.4 Å². The Kier molecular flexibility index (Phi) is 10.5. The van der Waals surface area contributed by atoms with Crippen molar-refractivity contribution in [3.8, 4) is 22.3 Å². The Bertz CT molecular complexity index is 1990. The Hall–Kier alpha value is -2.18. The molecule has 0 radical (unpaired) electrons. The van der Waals surface area contributed by atoms with Gasteiger partial charge in [-0.05, 0) is 0 Å². The van der Waals surface area contributed by atoms with Crippen LogP contribution in [0.3, 0.4) is 0 Å². The second-order valence-electron chi connectivity index (χ2n) is 19.2. The fourth-order valence-corrected chi connectivity index (χ4v) is 27.9. The molecule has 4 aromatic carbocycles. The molecule has 4 aromatic rings. The molecule has 0 saturated heterocycles. The van der Waals surface area contributed by atoms with Crippen molar-refractivity contribution >= 4 is 29.2 Å². The van der Waals surface area contributed by atoms with Crippen molar-refractivity contribution in [2.75, 3.05) is 0 Å². The second-order valence-corrected chi connectivity index (χ2v) is 42.1. The van der Waals surface area contributed by atoms with E-state index in [1.54, 1.807) is 0 Å². The van der Waals surface area contributed by atoms with Crippen molar-refractivity contribution in [3.63, 3.8) is 0 Å². The van der Waals surface area contributed by atoms with Crippen LogP contribution in [0.2, 0.25) is 4.13 Å². The molecule has 2 aliphatic rings. The third-order valence-corrected chi connectivity index (χ3v) is 33.5. The van der Waals surface area contributed by atoms with Crippen molar-refractivity contribution in [1.82, 2.24) is 0 Å². The van der Waals surface area contributed by atoms with Crippen molar-refractivity contribution in [1.29, 1.82) is 0 Å². The normalized spacial score (nSPS) is 18.2. The fourth-order valence-electron chi connectivity index (χ4n) is 9.43. The van der Waals surface area contributed by atoms with E-state index in [4.69, 9.17) is 17.0 Å². The summed E-state index contributed by atoms with van der Waals surface area (Å²) in [5, 5.41) is 0. The summed E-state index contributed by atoms with van der Waals surface area (Å²) in [6.45, 7) is 34.6. The van der Waals surface area contributed by atoms with Crippen molar-refractivity contribution in [2.24, 2.45) is 11.8 Å². The minimum absolute atomic E-state index is 0.0137. The number of benzene rings is 4. The zero-order valence-electron chi connectivity index (χ0n) is 35.2. The van der Waals surface area contributed by atoms with Crippen molar-refractivity contribution in [3.05, 3.63) is 127 Å². The van der Waals surface area contributed by atoms with Gasteiger partial charge in [0, 0.05) is 0 Å². The first kappa shape index (κ1) is 40.5. The monoisotopic (exact) mass is 823 g/mol. The third-order valence-electron chi connectivity index (χ3n) is 13.1. The summed E-state index contributed by atoms with van der Waals surface area (Å²) in [4.78, 5) is 0. The van der Waals surface area contributed by atoms with E-state index in [2.05, 4.69) is 177 Å². The molecule has 2 unspecified atom stereocenters. The number of rotatable bonds is 7. The molecule has 0 bridgehead atoms. The Labute approximate surface area is 330 Å². The minimum atomic E-state index is -5.06. The van der Waals surface area contributed by atoms with Gasteiger partial charge in [0.25, 0.3) is 0 Å². The summed E-state index contributed by atoms with van der Waals surface area (Å²) in [6.07, 6.45) is 5.02. The van der Waals surface area contributed by atoms with Gasteiger partial charge in [-0.3, -0.25) is 0 Å². The number of fused-ring (bicyclic) bond motifs is 2. The van der Waals surface area contributed by atoms with E-state index in [9.17, 15) is 0 Å². The Morgan fingerprint density at radius 3 is 1.15 bits per heavy atom. The van der Waals surface area contributed by atoms with Gasteiger partial charge < -0.3 is 0 Å². The van der Waals surface area contributed by atoms with Crippen LogP contribution in [0.1, 0.15) is 139 Å². The molecule has 0 spiro atoms. The summed E-state index contributed by atoms with van der Waals surface area (Å²) in [5.74, 6) is 0.617. The molecule has 53 heavy (non-hydrogen) atoms. The van der Waals surface area contributed by atoms with Crippen LogP contribution in [0, 0.1) is 39.5 Å². The molecule has 0 N–H and O–H groups in total. The van der Waals surface area contributed by atoms with E-state index >= 15 is 0 Å². The molecule has 0 amide bonds. The molecule has 281 valence electrons.